The van der Waals surface area contributed by atoms with Crippen molar-refractivity contribution in [2.45, 2.75) is 103 Å². The zero-order valence-corrected chi connectivity index (χ0v) is 34.9. The van der Waals surface area contributed by atoms with Crippen LogP contribution in [0.15, 0.2) is 41.9 Å². The third-order valence-electron chi connectivity index (χ3n) is 12.0. The number of aryl methyl sites for hydroxylation is 1. The number of rotatable bonds is 7. The topological polar surface area (TPSA) is 148 Å². The number of thiazole rings is 1. The van der Waals surface area contributed by atoms with Gasteiger partial charge in [-0.2, -0.15) is 0 Å². The van der Waals surface area contributed by atoms with Gasteiger partial charge in [0.15, 0.2) is 0 Å². The number of methoxy groups -OCH3 is 1. The van der Waals surface area contributed by atoms with Crippen molar-refractivity contribution < 1.29 is 28.7 Å². The van der Waals surface area contributed by atoms with E-state index < -0.39 is 29.5 Å². The fourth-order valence-corrected chi connectivity index (χ4v) is 9.65. The van der Waals surface area contributed by atoms with Gasteiger partial charge in [-0.25, -0.2) is 10.4 Å². The highest BCUT2D eigenvalue weighted by Crippen LogP contribution is 2.41. The number of hydrogen-bond donors (Lipinski definition) is 2. The molecule has 3 aromatic heterocycles. The highest BCUT2D eigenvalue weighted by Gasteiger charge is 2.39. The molecule has 6 bridgehead atoms. The second-order valence-corrected chi connectivity index (χ2v) is 17.6. The SMILES string of the molecule is CO[C@@H](C)c1ncccc1-c1c2c3cc(ccc3n1C)-c1csc(n1)C[C@H](NC(=O)[C@H](C1CCCC1)N(C)C(C)=O)C(=O)N1CCC[C@H](N1)C(=O)OCC(C)(C)C2. The van der Waals surface area contributed by atoms with E-state index in [9.17, 15) is 19.2 Å². The maximum atomic E-state index is 14.4. The Labute approximate surface area is 338 Å². The van der Waals surface area contributed by atoms with Crippen LogP contribution in [-0.2, 0) is 48.5 Å². The van der Waals surface area contributed by atoms with Crippen LogP contribution in [0.4, 0.5) is 0 Å². The molecule has 0 radical (unpaired) electrons. The van der Waals surface area contributed by atoms with Gasteiger partial charge in [0, 0.05) is 80.1 Å². The average Bonchev–Trinajstić information content (AvgIpc) is 3.96. The summed E-state index contributed by atoms with van der Waals surface area (Å²) in [5.41, 5.74) is 9.32. The fraction of sp³-hybridized carbons (Fsp3) is 0.535. The standard InChI is InChI=1S/C43H55N7O6S/c1-25(55-7)37-29(14-10-18-44-37)39-31-22-43(3,4)24-56-42(54)32-15-11-19-50(47-32)41(53)33(46-40(52)38(48(5)26(2)51)27-12-8-9-13-27)21-36-45-34(23-57-36)28-16-17-35(49(39)6)30(31)20-28/h10,14,16-18,20,23,25,27,32-33,38,47H,8-9,11-13,15,19,21-22,24H2,1-7H3,(H,46,52)/t25-,32-,33-,38-/m0/s1. The molecule has 2 aliphatic heterocycles. The monoisotopic (exact) mass is 797 g/mol. The summed E-state index contributed by atoms with van der Waals surface area (Å²) >= 11 is 1.44. The summed E-state index contributed by atoms with van der Waals surface area (Å²) in [7, 11) is 5.40. The van der Waals surface area contributed by atoms with E-state index in [1.807, 2.05) is 18.4 Å². The predicted molar refractivity (Wildman–Crippen MR) is 219 cm³/mol. The van der Waals surface area contributed by atoms with E-state index in [1.54, 1.807) is 20.4 Å². The molecule has 3 amide bonds. The molecule has 304 valence electrons. The number of likely N-dealkylation sites (N-methyl/N-ethyl adjacent to an activating group) is 1. The zero-order chi connectivity index (χ0) is 40.6. The van der Waals surface area contributed by atoms with Crippen molar-refractivity contribution in [3.05, 3.63) is 58.2 Å². The van der Waals surface area contributed by atoms with Gasteiger partial charge < -0.3 is 24.3 Å². The summed E-state index contributed by atoms with van der Waals surface area (Å²) < 4.78 is 14.0. The lowest BCUT2D eigenvalue weighted by Gasteiger charge is -2.36. The van der Waals surface area contributed by atoms with E-state index >= 15 is 0 Å². The van der Waals surface area contributed by atoms with E-state index in [0.29, 0.717) is 30.8 Å². The van der Waals surface area contributed by atoms with Crippen LogP contribution in [0.25, 0.3) is 33.4 Å². The molecule has 1 aliphatic carbocycles. The number of nitrogens with zero attached hydrogens (tertiary/aromatic N) is 5. The fourth-order valence-electron chi connectivity index (χ4n) is 8.80. The molecule has 1 saturated heterocycles. The minimum Gasteiger partial charge on any atom is -0.464 e. The van der Waals surface area contributed by atoms with Crippen LogP contribution in [0.2, 0.25) is 0 Å². The summed E-state index contributed by atoms with van der Waals surface area (Å²) in [4.78, 5) is 66.2. The van der Waals surface area contributed by atoms with Crippen LogP contribution in [0.3, 0.4) is 0 Å². The summed E-state index contributed by atoms with van der Waals surface area (Å²) in [6.45, 7) is 8.16. The number of cyclic esters (lactones) is 1. The maximum Gasteiger partial charge on any atom is 0.324 e. The first kappa shape index (κ1) is 40.5. The molecule has 2 fully saturated rings. The Morgan fingerprint density at radius 1 is 1.14 bits per heavy atom. The molecule has 0 unspecified atom stereocenters. The minimum atomic E-state index is -0.991. The number of pyridine rings is 1. The lowest BCUT2D eigenvalue weighted by molar-refractivity contribution is -0.155. The molecule has 4 atom stereocenters. The van der Waals surface area contributed by atoms with Crippen LogP contribution in [0, 0.1) is 11.3 Å². The highest BCUT2D eigenvalue weighted by atomic mass is 32.1. The van der Waals surface area contributed by atoms with Crippen molar-refractivity contribution in [1.82, 2.24) is 35.2 Å². The Morgan fingerprint density at radius 3 is 2.65 bits per heavy atom. The van der Waals surface area contributed by atoms with Crippen LogP contribution < -0.4 is 10.7 Å². The van der Waals surface area contributed by atoms with E-state index in [2.05, 4.69) is 60.5 Å². The van der Waals surface area contributed by atoms with Gasteiger partial charge in [0.1, 0.15) is 18.1 Å². The first-order valence-corrected chi connectivity index (χ1v) is 21.0. The smallest absolute Gasteiger partial charge is 0.324 e. The molecule has 3 aliphatic rings. The van der Waals surface area contributed by atoms with Crippen molar-refractivity contribution >= 4 is 45.9 Å². The van der Waals surface area contributed by atoms with Gasteiger partial charge in [-0.3, -0.25) is 29.2 Å². The van der Waals surface area contributed by atoms with Crippen molar-refractivity contribution in [1.29, 1.82) is 0 Å². The molecule has 0 spiro atoms. The Morgan fingerprint density at radius 2 is 1.91 bits per heavy atom. The number of fused-ring (bicyclic) bond motifs is 6. The highest BCUT2D eigenvalue weighted by molar-refractivity contribution is 7.10. The number of nitrogens with one attached hydrogen (secondary N) is 2. The van der Waals surface area contributed by atoms with Crippen LogP contribution in [0.5, 0.6) is 0 Å². The largest absolute Gasteiger partial charge is 0.464 e. The predicted octanol–water partition coefficient (Wildman–Crippen LogP) is 5.76. The Bertz CT molecular complexity index is 2160. The lowest BCUT2D eigenvalue weighted by Crippen LogP contribution is -2.62. The summed E-state index contributed by atoms with van der Waals surface area (Å²) in [5.74, 6) is -1.36. The van der Waals surface area contributed by atoms with E-state index in [-0.39, 0.29) is 42.8 Å². The minimum absolute atomic E-state index is 0.00243. The Hall–Kier alpha value is -4.66. The zero-order valence-electron chi connectivity index (χ0n) is 34.1. The second kappa shape index (κ2) is 16.7. The normalized spacial score (nSPS) is 21.5. The van der Waals surface area contributed by atoms with Gasteiger partial charge in [0.2, 0.25) is 11.8 Å². The molecule has 1 aromatic carbocycles. The number of hydrogen-bond acceptors (Lipinski definition) is 10. The quantitative estimate of drug-likeness (QED) is 0.223. The molecule has 14 heteroatoms. The van der Waals surface area contributed by atoms with Crippen LogP contribution in [-0.4, -0.2) is 93.6 Å². The maximum absolute atomic E-state index is 14.4. The summed E-state index contributed by atoms with van der Waals surface area (Å²) in [5, 5.41) is 8.23. The van der Waals surface area contributed by atoms with E-state index in [1.165, 1.54) is 28.2 Å². The first-order valence-electron chi connectivity index (χ1n) is 20.1. The Kier molecular flexibility index (Phi) is 11.9. The van der Waals surface area contributed by atoms with Crippen molar-refractivity contribution in [3.63, 3.8) is 0 Å². The van der Waals surface area contributed by atoms with Gasteiger partial charge in [-0.15, -0.1) is 11.3 Å². The van der Waals surface area contributed by atoms with Crippen LogP contribution >= 0.6 is 11.3 Å². The van der Waals surface area contributed by atoms with Crippen molar-refractivity contribution in [2.24, 2.45) is 18.4 Å². The van der Waals surface area contributed by atoms with Gasteiger partial charge in [-0.1, -0.05) is 32.8 Å². The molecule has 1 saturated carbocycles. The number of aromatic nitrogens is 3. The molecular formula is C43H55N7O6S. The van der Waals surface area contributed by atoms with Crippen molar-refractivity contribution in [2.75, 3.05) is 27.3 Å². The first-order chi connectivity index (χ1) is 27.3. The van der Waals surface area contributed by atoms with Gasteiger partial charge in [0.25, 0.3) is 5.91 Å². The number of benzene rings is 1. The number of carbonyl (C=O) groups excluding carboxylic acids is 4. The van der Waals surface area contributed by atoms with E-state index in [4.69, 9.17) is 19.4 Å². The Balaban J connectivity index is 1.31. The molecule has 13 nitrogen and oxygen atoms in total. The average molecular weight is 798 g/mol. The molecule has 57 heavy (non-hydrogen) atoms. The number of amides is 3. The van der Waals surface area contributed by atoms with Crippen molar-refractivity contribution in [3.8, 4) is 22.5 Å². The summed E-state index contributed by atoms with van der Waals surface area (Å²) in [6, 6.07) is 7.94. The molecule has 4 aromatic rings. The third-order valence-corrected chi connectivity index (χ3v) is 12.9. The number of hydrazine groups is 1. The summed E-state index contributed by atoms with van der Waals surface area (Å²) in [6.07, 6.45) is 7.02. The van der Waals surface area contributed by atoms with Crippen LogP contribution in [0.1, 0.15) is 88.6 Å². The molecule has 7 rings (SSSR count). The van der Waals surface area contributed by atoms with Gasteiger partial charge >= 0.3 is 5.97 Å². The van der Waals surface area contributed by atoms with E-state index in [0.717, 1.165) is 70.4 Å². The number of esters is 1. The van der Waals surface area contributed by atoms with Gasteiger partial charge in [0.05, 0.1) is 34.8 Å². The third kappa shape index (κ3) is 8.35. The van der Waals surface area contributed by atoms with Gasteiger partial charge in [-0.05, 0) is 74.8 Å². The molecule has 2 N–H and O–H groups in total. The second-order valence-electron chi connectivity index (χ2n) is 16.7. The molecule has 5 heterocycles. The number of ether oxygens (including phenoxy) is 2. The molecular weight excluding hydrogens is 743 g/mol. The lowest BCUT2D eigenvalue weighted by atomic mass is 9.84. The number of carbonyl (C=O) groups is 4.